The quantitative estimate of drug-likeness (QED) is 0.838. The van der Waals surface area contributed by atoms with E-state index in [1.54, 1.807) is 12.1 Å². The predicted molar refractivity (Wildman–Crippen MR) is 73.5 cm³/mol. The standard InChI is InChI=1S/C14H21NO2S/c1-3-15-9-8-13(10-15)11-18(16,17)14-6-4-12(2)5-7-14/h4-7,13H,3,8-11H2,1-2H3. The zero-order chi connectivity index (χ0) is 13.2. The van der Waals surface area contributed by atoms with Gasteiger partial charge in [-0.25, -0.2) is 8.42 Å². The molecule has 1 heterocycles. The number of nitrogens with zero attached hydrogens (tertiary/aromatic N) is 1. The van der Waals surface area contributed by atoms with Gasteiger partial charge in [0.15, 0.2) is 9.84 Å². The minimum absolute atomic E-state index is 0.284. The van der Waals surface area contributed by atoms with Crippen LogP contribution in [-0.2, 0) is 9.84 Å². The summed E-state index contributed by atoms with van der Waals surface area (Å²) in [5, 5.41) is 0. The van der Waals surface area contributed by atoms with Gasteiger partial charge in [-0.15, -0.1) is 0 Å². The molecule has 3 nitrogen and oxygen atoms in total. The van der Waals surface area contributed by atoms with Gasteiger partial charge >= 0.3 is 0 Å². The van der Waals surface area contributed by atoms with E-state index in [2.05, 4.69) is 11.8 Å². The molecule has 0 radical (unpaired) electrons. The maximum Gasteiger partial charge on any atom is 0.178 e. The molecule has 0 aliphatic carbocycles. The first-order chi connectivity index (χ1) is 8.51. The molecule has 2 rings (SSSR count). The summed E-state index contributed by atoms with van der Waals surface area (Å²) in [6, 6.07) is 7.16. The molecule has 1 saturated heterocycles. The third kappa shape index (κ3) is 3.12. The molecule has 100 valence electrons. The lowest BCUT2D eigenvalue weighted by Gasteiger charge is -2.13. The molecule has 1 aromatic carbocycles. The van der Waals surface area contributed by atoms with E-state index in [1.807, 2.05) is 19.1 Å². The van der Waals surface area contributed by atoms with Crippen LogP contribution >= 0.6 is 0 Å². The van der Waals surface area contributed by atoms with Crippen LogP contribution in [0.15, 0.2) is 29.2 Å². The van der Waals surface area contributed by atoms with E-state index in [0.717, 1.165) is 31.6 Å². The van der Waals surface area contributed by atoms with E-state index < -0.39 is 9.84 Å². The first-order valence-corrected chi connectivity index (χ1v) is 8.18. The molecule has 0 amide bonds. The average Bonchev–Trinajstić information content (AvgIpc) is 2.76. The molecule has 1 aliphatic heterocycles. The second kappa shape index (κ2) is 5.41. The summed E-state index contributed by atoms with van der Waals surface area (Å²) in [5.74, 6) is 0.572. The van der Waals surface area contributed by atoms with Gasteiger partial charge in [-0.05, 0) is 44.5 Å². The van der Waals surface area contributed by atoms with Crippen LogP contribution in [0.3, 0.4) is 0 Å². The minimum atomic E-state index is -3.12. The van der Waals surface area contributed by atoms with Crippen molar-refractivity contribution in [3.63, 3.8) is 0 Å². The lowest BCUT2D eigenvalue weighted by Crippen LogP contribution is -2.23. The Balaban J connectivity index is 2.06. The SMILES string of the molecule is CCN1CCC(CS(=O)(=O)c2ccc(C)cc2)C1. The van der Waals surface area contributed by atoms with E-state index in [1.165, 1.54) is 0 Å². The van der Waals surface area contributed by atoms with Crippen molar-refractivity contribution in [1.29, 1.82) is 0 Å². The molecule has 1 fully saturated rings. The summed E-state index contributed by atoms with van der Waals surface area (Å²) in [4.78, 5) is 2.78. The number of sulfone groups is 1. The number of likely N-dealkylation sites (tertiary alicyclic amines) is 1. The van der Waals surface area contributed by atoms with Crippen LogP contribution in [0, 0.1) is 12.8 Å². The Morgan fingerprint density at radius 1 is 1.28 bits per heavy atom. The average molecular weight is 267 g/mol. The van der Waals surface area contributed by atoms with Crippen molar-refractivity contribution >= 4 is 9.84 Å². The first-order valence-electron chi connectivity index (χ1n) is 6.53. The van der Waals surface area contributed by atoms with Gasteiger partial charge in [0.2, 0.25) is 0 Å². The van der Waals surface area contributed by atoms with Crippen LogP contribution in [0.25, 0.3) is 0 Å². The van der Waals surface area contributed by atoms with E-state index >= 15 is 0 Å². The molecule has 1 atom stereocenters. The molecule has 0 saturated carbocycles. The fraction of sp³-hybridized carbons (Fsp3) is 0.571. The molecule has 1 aromatic rings. The molecule has 0 bridgehead atoms. The van der Waals surface area contributed by atoms with Crippen LogP contribution in [0.5, 0.6) is 0 Å². The van der Waals surface area contributed by atoms with Gasteiger partial charge in [-0.3, -0.25) is 0 Å². The summed E-state index contributed by atoms with van der Waals surface area (Å²) in [6.07, 6.45) is 0.999. The Morgan fingerprint density at radius 2 is 1.94 bits per heavy atom. The third-order valence-corrected chi connectivity index (χ3v) is 5.55. The summed E-state index contributed by atoms with van der Waals surface area (Å²) >= 11 is 0. The molecule has 4 heteroatoms. The Bertz CT molecular complexity index is 493. The Kier molecular flexibility index (Phi) is 4.07. The lowest BCUT2D eigenvalue weighted by atomic mass is 10.2. The van der Waals surface area contributed by atoms with Crippen molar-refractivity contribution in [1.82, 2.24) is 4.90 Å². The zero-order valence-corrected chi connectivity index (χ0v) is 11.9. The molecule has 18 heavy (non-hydrogen) atoms. The van der Waals surface area contributed by atoms with Crippen LogP contribution in [0.2, 0.25) is 0 Å². The molecule has 0 spiro atoms. The van der Waals surface area contributed by atoms with Gasteiger partial charge in [-0.1, -0.05) is 24.6 Å². The smallest absolute Gasteiger partial charge is 0.178 e. The summed E-state index contributed by atoms with van der Waals surface area (Å²) < 4.78 is 24.6. The molecular weight excluding hydrogens is 246 g/mol. The Morgan fingerprint density at radius 3 is 2.50 bits per heavy atom. The number of benzene rings is 1. The third-order valence-electron chi connectivity index (χ3n) is 3.65. The molecular formula is C14H21NO2S. The second-order valence-corrected chi connectivity index (χ2v) is 7.18. The summed E-state index contributed by atoms with van der Waals surface area (Å²) in [5.41, 5.74) is 1.09. The van der Waals surface area contributed by atoms with Crippen LogP contribution in [0.4, 0.5) is 0 Å². The minimum Gasteiger partial charge on any atom is -0.303 e. The van der Waals surface area contributed by atoms with E-state index in [4.69, 9.17) is 0 Å². The highest BCUT2D eigenvalue weighted by molar-refractivity contribution is 7.91. The van der Waals surface area contributed by atoms with Crippen molar-refractivity contribution in [2.75, 3.05) is 25.4 Å². The summed E-state index contributed by atoms with van der Waals surface area (Å²) in [7, 11) is -3.12. The fourth-order valence-corrected chi connectivity index (χ4v) is 4.12. The highest BCUT2D eigenvalue weighted by atomic mass is 32.2. The van der Waals surface area contributed by atoms with Crippen molar-refractivity contribution in [3.05, 3.63) is 29.8 Å². The normalized spacial score (nSPS) is 21.3. The largest absolute Gasteiger partial charge is 0.303 e. The predicted octanol–water partition coefficient (Wildman–Crippen LogP) is 2.11. The topological polar surface area (TPSA) is 37.4 Å². The van der Waals surface area contributed by atoms with E-state index in [9.17, 15) is 8.42 Å². The van der Waals surface area contributed by atoms with E-state index in [0.29, 0.717) is 4.90 Å². The van der Waals surface area contributed by atoms with Crippen molar-refractivity contribution in [2.45, 2.75) is 25.2 Å². The Hall–Kier alpha value is -0.870. The van der Waals surface area contributed by atoms with Gasteiger partial charge in [-0.2, -0.15) is 0 Å². The number of rotatable bonds is 4. The lowest BCUT2D eigenvalue weighted by molar-refractivity contribution is 0.346. The zero-order valence-electron chi connectivity index (χ0n) is 11.1. The first kappa shape index (κ1) is 13.6. The maximum absolute atomic E-state index is 12.3. The number of aryl methyl sites for hydroxylation is 1. The monoisotopic (exact) mass is 267 g/mol. The van der Waals surface area contributed by atoms with Crippen LogP contribution < -0.4 is 0 Å². The molecule has 0 N–H and O–H groups in total. The maximum atomic E-state index is 12.3. The van der Waals surface area contributed by atoms with Crippen molar-refractivity contribution in [2.24, 2.45) is 5.92 Å². The van der Waals surface area contributed by atoms with Gasteiger partial charge in [0.1, 0.15) is 0 Å². The summed E-state index contributed by atoms with van der Waals surface area (Å²) in [6.45, 7) is 7.05. The van der Waals surface area contributed by atoms with Gasteiger partial charge < -0.3 is 4.90 Å². The fourth-order valence-electron chi connectivity index (χ4n) is 2.49. The molecule has 0 aromatic heterocycles. The molecule has 1 unspecified atom stereocenters. The highest BCUT2D eigenvalue weighted by Gasteiger charge is 2.27. The molecule has 1 aliphatic rings. The number of hydrogen-bond acceptors (Lipinski definition) is 3. The number of hydrogen-bond donors (Lipinski definition) is 0. The van der Waals surface area contributed by atoms with Crippen molar-refractivity contribution in [3.8, 4) is 0 Å². The van der Waals surface area contributed by atoms with Crippen LogP contribution in [-0.4, -0.2) is 38.7 Å². The van der Waals surface area contributed by atoms with Crippen molar-refractivity contribution < 1.29 is 8.42 Å². The second-order valence-electron chi connectivity index (χ2n) is 5.14. The van der Waals surface area contributed by atoms with Gasteiger partial charge in [0.25, 0.3) is 0 Å². The van der Waals surface area contributed by atoms with Crippen LogP contribution in [0.1, 0.15) is 18.9 Å². The Labute approximate surface area is 110 Å². The van der Waals surface area contributed by atoms with Gasteiger partial charge in [0, 0.05) is 6.54 Å². The van der Waals surface area contributed by atoms with E-state index in [-0.39, 0.29) is 11.7 Å². The van der Waals surface area contributed by atoms with Gasteiger partial charge in [0.05, 0.1) is 10.6 Å². The highest BCUT2D eigenvalue weighted by Crippen LogP contribution is 2.21.